The molecule has 0 aromatic carbocycles. The van der Waals surface area contributed by atoms with Crippen molar-refractivity contribution in [2.45, 2.75) is 17.2 Å². The lowest BCUT2D eigenvalue weighted by Gasteiger charge is -2.07. The van der Waals surface area contributed by atoms with Crippen LogP contribution >= 0.6 is 0 Å². The summed E-state index contributed by atoms with van der Waals surface area (Å²) in [4.78, 5) is 0. The van der Waals surface area contributed by atoms with E-state index < -0.39 is 20.6 Å². The van der Waals surface area contributed by atoms with E-state index in [4.69, 9.17) is 10.5 Å². The fourth-order valence-electron chi connectivity index (χ4n) is 1.28. The highest BCUT2D eigenvalue weighted by molar-refractivity contribution is 7.91. The second kappa shape index (κ2) is 2.43. The van der Waals surface area contributed by atoms with Gasteiger partial charge in [0, 0.05) is 13.4 Å². The molecule has 0 radical (unpaired) electrons. The van der Waals surface area contributed by atoms with Gasteiger partial charge in [-0.15, -0.1) is 0 Å². The Bertz CT molecular complexity index is 249. The molecule has 1 aliphatic rings. The van der Waals surface area contributed by atoms with E-state index in [9.17, 15) is 8.42 Å². The SMILES string of the molecule is COC[C@@]1(N)C[C@@H]1S(C)(=O)=O. The van der Waals surface area contributed by atoms with Gasteiger partial charge in [0.15, 0.2) is 9.84 Å². The molecule has 1 rings (SSSR count). The Kier molecular flexibility index (Phi) is 1.98. The van der Waals surface area contributed by atoms with Crippen molar-refractivity contribution in [2.24, 2.45) is 5.73 Å². The summed E-state index contributed by atoms with van der Waals surface area (Å²) in [6, 6.07) is 0. The molecule has 1 saturated carbocycles. The molecule has 1 fully saturated rings. The lowest BCUT2D eigenvalue weighted by Crippen LogP contribution is -2.34. The molecule has 0 unspecified atom stereocenters. The molecule has 5 heteroatoms. The fraction of sp³-hybridized carbons (Fsp3) is 1.00. The largest absolute Gasteiger partial charge is 0.383 e. The Labute approximate surface area is 66.6 Å². The summed E-state index contributed by atoms with van der Waals surface area (Å²) in [5.74, 6) is 0. The summed E-state index contributed by atoms with van der Waals surface area (Å²) in [7, 11) is -1.44. The van der Waals surface area contributed by atoms with E-state index in [2.05, 4.69) is 0 Å². The van der Waals surface area contributed by atoms with E-state index in [1.807, 2.05) is 0 Å². The van der Waals surface area contributed by atoms with Crippen LogP contribution in [-0.2, 0) is 14.6 Å². The van der Waals surface area contributed by atoms with Gasteiger partial charge in [-0.25, -0.2) is 8.42 Å². The summed E-state index contributed by atoms with van der Waals surface area (Å²) >= 11 is 0. The summed E-state index contributed by atoms with van der Waals surface area (Å²) in [6.07, 6.45) is 1.74. The number of nitrogens with two attached hydrogens (primary N) is 1. The molecule has 0 aromatic rings. The molecule has 66 valence electrons. The molecular weight excluding hydrogens is 166 g/mol. The van der Waals surface area contributed by atoms with Crippen LogP contribution in [0, 0.1) is 0 Å². The number of ether oxygens (including phenoxy) is 1. The van der Waals surface area contributed by atoms with E-state index in [-0.39, 0.29) is 0 Å². The zero-order valence-electron chi connectivity index (χ0n) is 6.70. The smallest absolute Gasteiger partial charge is 0.152 e. The van der Waals surface area contributed by atoms with Crippen LogP contribution in [0.3, 0.4) is 0 Å². The minimum Gasteiger partial charge on any atom is -0.383 e. The zero-order chi connectivity index (χ0) is 8.70. The van der Waals surface area contributed by atoms with Gasteiger partial charge in [0.05, 0.1) is 17.4 Å². The molecule has 2 atom stereocenters. The first-order valence-electron chi connectivity index (χ1n) is 3.37. The maximum atomic E-state index is 10.9. The quantitative estimate of drug-likeness (QED) is 0.612. The van der Waals surface area contributed by atoms with Gasteiger partial charge in [-0.05, 0) is 6.42 Å². The standard InChI is InChI=1S/C6H13NO3S/c1-10-4-6(7)3-5(6)11(2,8)9/h5H,3-4,7H2,1-2H3/t5-,6-/m0/s1. The van der Waals surface area contributed by atoms with Crippen molar-refractivity contribution in [1.29, 1.82) is 0 Å². The van der Waals surface area contributed by atoms with Crippen molar-refractivity contribution >= 4 is 9.84 Å². The molecule has 0 saturated heterocycles. The first kappa shape index (κ1) is 8.96. The lowest BCUT2D eigenvalue weighted by molar-refractivity contribution is 0.173. The van der Waals surface area contributed by atoms with Crippen LogP contribution in [0.25, 0.3) is 0 Å². The van der Waals surface area contributed by atoms with E-state index in [1.54, 1.807) is 0 Å². The molecule has 1 aliphatic carbocycles. The predicted octanol–water partition coefficient (Wildman–Crippen LogP) is -0.853. The monoisotopic (exact) mass is 179 g/mol. The molecule has 0 heterocycles. The van der Waals surface area contributed by atoms with Gasteiger partial charge in [0.25, 0.3) is 0 Å². The van der Waals surface area contributed by atoms with E-state index >= 15 is 0 Å². The maximum Gasteiger partial charge on any atom is 0.152 e. The lowest BCUT2D eigenvalue weighted by atomic mass is 10.3. The third-order valence-corrected chi connectivity index (χ3v) is 3.65. The van der Waals surface area contributed by atoms with Crippen molar-refractivity contribution in [2.75, 3.05) is 20.0 Å². The highest BCUT2D eigenvalue weighted by atomic mass is 32.2. The molecule has 0 aliphatic heterocycles. The molecule has 0 spiro atoms. The topological polar surface area (TPSA) is 69.4 Å². The summed E-state index contributed by atoms with van der Waals surface area (Å²) in [6.45, 7) is 0.324. The van der Waals surface area contributed by atoms with Crippen LogP contribution in [0.15, 0.2) is 0 Å². The third kappa shape index (κ3) is 1.72. The molecule has 0 bridgehead atoms. The number of hydrogen-bond acceptors (Lipinski definition) is 4. The number of rotatable bonds is 3. The maximum absolute atomic E-state index is 10.9. The van der Waals surface area contributed by atoms with Crippen LogP contribution in [0.4, 0.5) is 0 Å². The minimum absolute atomic E-state index is 0.324. The minimum atomic E-state index is -2.96. The van der Waals surface area contributed by atoms with E-state index in [0.717, 1.165) is 0 Å². The van der Waals surface area contributed by atoms with Crippen molar-refractivity contribution in [3.63, 3.8) is 0 Å². The second-order valence-electron chi connectivity index (χ2n) is 3.19. The number of methoxy groups -OCH3 is 1. The summed E-state index contributed by atoms with van der Waals surface area (Å²) < 4.78 is 26.7. The molecule has 0 amide bonds. The van der Waals surface area contributed by atoms with Crippen molar-refractivity contribution in [3.05, 3.63) is 0 Å². The van der Waals surface area contributed by atoms with Gasteiger partial charge >= 0.3 is 0 Å². The van der Waals surface area contributed by atoms with Gasteiger partial charge in [0.2, 0.25) is 0 Å². The van der Waals surface area contributed by atoms with Gasteiger partial charge in [0.1, 0.15) is 0 Å². The average molecular weight is 179 g/mol. The second-order valence-corrected chi connectivity index (χ2v) is 5.42. The Hall–Kier alpha value is -0.130. The van der Waals surface area contributed by atoms with Gasteiger partial charge in [-0.2, -0.15) is 0 Å². The highest BCUT2D eigenvalue weighted by Crippen LogP contribution is 2.39. The van der Waals surface area contributed by atoms with E-state index in [0.29, 0.717) is 13.0 Å². The molecule has 4 nitrogen and oxygen atoms in total. The molecule has 11 heavy (non-hydrogen) atoms. The third-order valence-electron chi connectivity index (χ3n) is 1.98. The Morgan fingerprint density at radius 2 is 2.27 bits per heavy atom. The van der Waals surface area contributed by atoms with Gasteiger partial charge < -0.3 is 10.5 Å². The van der Waals surface area contributed by atoms with E-state index in [1.165, 1.54) is 13.4 Å². The first-order chi connectivity index (χ1) is 4.90. The van der Waals surface area contributed by atoms with Crippen molar-refractivity contribution in [1.82, 2.24) is 0 Å². The van der Waals surface area contributed by atoms with Crippen molar-refractivity contribution in [3.8, 4) is 0 Å². The fourth-order valence-corrected chi connectivity index (χ4v) is 2.82. The average Bonchev–Trinajstić information content (AvgIpc) is 2.41. The number of hydrogen-bond donors (Lipinski definition) is 1. The molecule has 2 N–H and O–H groups in total. The first-order valence-corrected chi connectivity index (χ1v) is 5.32. The Balaban J connectivity index is 2.60. The predicted molar refractivity (Wildman–Crippen MR) is 42.0 cm³/mol. The summed E-state index contributed by atoms with van der Waals surface area (Å²) in [5, 5.41) is -0.394. The Morgan fingerprint density at radius 1 is 1.73 bits per heavy atom. The normalized spacial score (nSPS) is 37.2. The van der Waals surface area contributed by atoms with Crippen LogP contribution < -0.4 is 5.73 Å². The zero-order valence-corrected chi connectivity index (χ0v) is 7.52. The Morgan fingerprint density at radius 3 is 2.55 bits per heavy atom. The van der Waals surface area contributed by atoms with Gasteiger partial charge in [-0.1, -0.05) is 0 Å². The van der Waals surface area contributed by atoms with Crippen molar-refractivity contribution < 1.29 is 13.2 Å². The summed E-state index contributed by atoms with van der Waals surface area (Å²) in [5.41, 5.74) is 5.07. The van der Waals surface area contributed by atoms with Gasteiger partial charge in [-0.3, -0.25) is 0 Å². The van der Waals surface area contributed by atoms with Crippen LogP contribution in [0.1, 0.15) is 6.42 Å². The van der Waals surface area contributed by atoms with Crippen LogP contribution in [-0.4, -0.2) is 39.2 Å². The van der Waals surface area contributed by atoms with Crippen LogP contribution in [0.5, 0.6) is 0 Å². The number of sulfone groups is 1. The molecular formula is C6H13NO3S. The highest BCUT2D eigenvalue weighted by Gasteiger charge is 2.57. The molecule has 0 aromatic heterocycles. The van der Waals surface area contributed by atoms with Crippen LogP contribution in [0.2, 0.25) is 0 Å².